The number of guanidine groups is 1. The van der Waals surface area contributed by atoms with Crippen LogP contribution in [-0.2, 0) is 22.6 Å². The highest BCUT2D eigenvalue weighted by Gasteiger charge is 2.15. The molecule has 6 heteroatoms. The molecule has 0 aromatic heterocycles. The van der Waals surface area contributed by atoms with Crippen LogP contribution in [0.3, 0.4) is 0 Å². The van der Waals surface area contributed by atoms with Crippen LogP contribution in [0.15, 0.2) is 59.6 Å². The van der Waals surface area contributed by atoms with Crippen molar-refractivity contribution in [3.8, 4) is 5.75 Å². The van der Waals surface area contributed by atoms with Crippen molar-refractivity contribution in [2.24, 2.45) is 4.99 Å². The number of nitrogens with one attached hydrogen (secondary N) is 2. The highest BCUT2D eigenvalue weighted by atomic mass is 16.5. The van der Waals surface area contributed by atoms with Gasteiger partial charge in [0.15, 0.2) is 5.96 Å². The van der Waals surface area contributed by atoms with Crippen LogP contribution in [0.4, 0.5) is 0 Å². The molecule has 162 valence electrons. The fraction of sp³-hybridized carbons (Fsp3) is 0.458. The number of hydrogen-bond donors (Lipinski definition) is 2. The van der Waals surface area contributed by atoms with E-state index in [0.29, 0.717) is 13.2 Å². The van der Waals surface area contributed by atoms with Crippen LogP contribution in [-0.4, -0.2) is 45.0 Å². The standard InChI is InChI=1S/C24H33N3O3/c1-2-25-24(26-14-6-15-29-23-13-16-28-19-23)27-17-20-9-11-22(12-10-20)30-18-21-7-4-3-5-8-21/h3-5,7-12,23H,2,6,13-19H2,1H3,(H2,25,26,27). The van der Waals surface area contributed by atoms with Gasteiger partial charge in [-0.1, -0.05) is 42.5 Å². The van der Waals surface area contributed by atoms with E-state index < -0.39 is 0 Å². The first-order chi connectivity index (χ1) is 14.8. The third-order valence-electron chi connectivity index (χ3n) is 4.79. The Kier molecular flexibility index (Phi) is 9.50. The Morgan fingerprint density at radius 1 is 1.07 bits per heavy atom. The van der Waals surface area contributed by atoms with Crippen molar-refractivity contribution in [3.05, 3.63) is 65.7 Å². The van der Waals surface area contributed by atoms with Gasteiger partial charge in [0.1, 0.15) is 12.4 Å². The van der Waals surface area contributed by atoms with Crippen LogP contribution in [0.5, 0.6) is 5.75 Å². The van der Waals surface area contributed by atoms with Gasteiger partial charge in [0.05, 0.1) is 19.3 Å². The van der Waals surface area contributed by atoms with Crippen LogP contribution >= 0.6 is 0 Å². The van der Waals surface area contributed by atoms with Crippen molar-refractivity contribution in [2.75, 3.05) is 32.9 Å². The predicted molar refractivity (Wildman–Crippen MR) is 120 cm³/mol. The van der Waals surface area contributed by atoms with Crippen molar-refractivity contribution >= 4 is 5.96 Å². The van der Waals surface area contributed by atoms with Gasteiger partial charge >= 0.3 is 0 Å². The van der Waals surface area contributed by atoms with Crippen LogP contribution < -0.4 is 15.4 Å². The van der Waals surface area contributed by atoms with E-state index in [4.69, 9.17) is 14.2 Å². The lowest BCUT2D eigenvalue weighted by atomic mass is 10.2. The summed E-state index contributed by atoms with van der Waals surface area (Å²) >= 11 is 0. The molecular formula is C24H33N3O3. The molecule has 1 unspecified atom stereocenters. The van der Waals surface area contributed by atoms with Crippen LogP contribution in [0, 0.1) is 0 Å². The first-order valence-corrected chi connectivity index (χ1v) is 10.8. The summed E-state index contributed by atoms with van der Waals surface area (Å²) in [5, 5.41) is 6.66. The zero-order valence-corrected chi connectivity index (χ0v) is 17.8. The van der Waals surface area contributed by atoms with Gasteiger partial charge in [0, 0.05) is 26.3 Å². The van der Waals surface area contributed by atoms with Crippen molar-refractivity contribution in [1.29, 1.82) is 0 Å². The zero-order chi connectivity index (χ0) is 20.9. The second-order valence-corrected chi connectivity index (χ2v) is 7.25. The SMILES string of the molecule is CCNC(=NCc1ccc(OCc2ccccc2)cc1)NCCCOC1CCOC1. The monoisotopic (exact) mass is 411 g/mol. The van der Waals surface area contributed by atoms with E-state index in [1.165, 1.54) is 0 Å². The number of rotatable bonds is 11. The molecule has 1 aliphatic rings. The van der Waals surface area contributed by atoms with Gasteiger partial charge in [-0.15, -0.1) is 0 Å². The van der Waals surface area contributed by atoms with E-state index in [1.807, 2.05) is 30.3 Å². The number of nitrogens with zero attached hydrogens (tertiary/aromatic N) is 1. The van der Waals surface area contributed by atoms with E-state index in [0.717, 1.165) is 68.6 Å². The average molecular weight is 412 g/mol. The van der Waals surface area contributed by atoms with Gasteiger partial charge in [0.2, 0.25) is 0 Å². The van der Waals surface area contributed by atoms with Gasteiger partial charge in [-0.05, 0) is 43.0 Å². The van der Waals surface area contributed by atoms with E-state index >= 15 is 0 Å². The van der Waals surface area contributed by atoms with E-state index in [-0.39, 0.29) is 6.10 Å². The largest absolute Gasteiger partial charge is 0.489 e. The normalized spacial score (nSPS) is 16.4. The third kappa shape index (κ3) is 8.05. The lowest BCUT2D eigenvalue weighted by Crippen LogP contribution is -2.38. The Morgan fingerprint density at radius 2 is 1.90 bits per heavy atom. The molecule has 1 aliphatic heterocycles. The minimum absolute atomic E-state index is 0.270. The summed E-state index contributed by atoms with van der Waals surface area (Å²) in [5.74, 6) is 1.69. The van der Waals surface area contributed by atoms with Crippen LogP contribution in [0.25, 0.3) is 0 Å². The molecule has 0 aliphatic carbocycles. The van der Waals surface area contributed by atoms with Crippen molar-refractivity contribution < 1.29 is 14.2 Å². The highest BCUT2D eigenvalue weighted by Crippen LogP contribution is 2.15. The molecule has 30 heavy (non-hydrogen) atoms. The summed E-state index contributed by atoms with van der Waals surface area (Å²) in [6.45, 7) is 7.20. The first kappa shape index (κ1) is 22.1. The fourth-order valence-electron chi connectivity index (χ4n) is 3.12. The summed E-state index contributed by atoms with van der Waals surface area (Å²) in [6, 6.07) is 18.3. The molecule has 0 saturated carbocycles. The molecule has 1 fully saturated rings. The van der Waals surface area contributed by atoms with Crippen molar-refractivity contribution in [1.82, 2.24) is 10.6 Å². The fourth-order valence-corrected chi connectivity index (χ4v) is 3.12. The summed E-state index contributed by atoms with van der Waals surface area (Å²) in [7, 11) is 0. The lowest BCUT2D eigenvalue weighted by molar-refractivity contribution is 0.0420. The molecule has 2 aromatic carbocycles. The summed E-state index contributed by atoms with van der Waals surface area (Å²) in [6.07, 6.45) is 2.22. The average Bonchev–Trinajstić information content (AvgIpc) is 3.31. The minimum Gasteiger partial charge on any atom is -0.489 e. The van der Waals surface area contributed by atoms with Gasteiger partial charge in [0.25, 0.3) is 0 Å². The minimum atomic E-state index is 0.270. The smallest absolute Gasteiger partial charge is 0.191 e. The number of ether oxygens (including phenoxy) is 3. The molecule has 2 N–H and O–H groups in total. The molecule has 0 spiro atoms. The van der Waals surface area contributed by atoms with Gasteiger partial charge in [-0.25, -0.2) is 4.99 Å². The predicted octanol–water partition coefficient (Wildman–Crippen LogP) is 3.52. The molecule has 1 saturated heterocycles. The van der Waals surface area contributed by atoms with Crippen LogP contribution in [0.2, 0.25) is 0 Å². The number of aliphatic imine (C=N–C) groups is 1. The Balaban J connectivity index is 1.38. The molecule has 1 heterocycles. The maximum Gasteiger partial charge on any atom is 0.191 e. The van der Waals surface area contributed by atoms with Gasteiger partial charge in [-0.2, -0.15) is 0 Å². The van der Waals surface area contributed by atoms with Crippen molar-refractivity contribution in [2.45, 2.75) is 39.0 Å². The summed E-state index contributed by atoms with van der Waals surface area (Å²) in [5.41, 5.74) is 2.30. The molecule has 3 rings (SSSR count). The Labute approximate surface area is 179 Å². The van der Waals surface area contributed by atoms with Gasteiger partial charge < -0.3 is 24.8 Å². The second-order valence-electron chi connectivity index (χ2n) is 7.25. The Morgan fingerprint density at radius 3 is 2.63 bits per heavy atom. The molecule has 1 atom stereocenters. The molecule has 2 aromatic rings. The van der Waals surface area contributed by atoms with Gasteiger partial charge in [-0.3, -0.25) is 0 Å². The molecule has 0 amide bonds. The summed E-state index contributed by atoms with van der Waals surface area (Å²) < 4.78 is 17.0. The number of benzene rings is 2. The second kappa shape index (κ2) is 12.9. The molecule has 0 radical (unpaired) electrons. The van der Waals surface area contributed by atoms with Crippen LogP contribution in [0.1, 0.15) is 30.9 Å². The third-order valence-corrected chi connectivity index (χ3v) is 4.79. The topological polar surface area (TPSA) is 64.1 Å². The Hall–Kier alpha value is -2.57. The molecule has 0 bridgehead atoms. The number of hydrogen-bond acceptors (Lipinski definition) is 4. The first-order valence-electron chi connectivity index (χ1n) is 10.8. The van der Waals surface area contributed by atoms with E-state index in [9.17, 15) is 0 Å². The van der Waals surface area contributed by atoms with E-state index in [2.05, 4.69) is 46.8 Å². The maximum absolute atomic E-state index is 5.84. The van der Waals surface area contributed by atoms with E-state index in [1.54, 1.807) is 0 Å². The molecule has 6 nitrogen and oxygen atoms in total. The molecular weight excluding hydrogens is 378 g/mol. The quantitative estimate of drug-likeness (QED) is 0.337. The lowest BCUT2D eigenvalue weighted by Gasteiger charge is -2.13. The zero-order valence-electron chi connectivity index (χ0n) is 17.8. The maximum atomic E-state index is 5.84. The summed E-state index contributed by atoms with van der Waals surface area (Å²) in [4.78, 5) is 4.67. The highest BCUT2D eigenvalue weighted by molar-refractivity contribution is 5.79. The van der Waals surface area contributed by atoms with Crippen molar-refractivity contribution in [3.63, 3.8) is 0 Å². The Bertz CT molecular complexity index is 744.